The zero-order chi connectivity index (χ0) is 33.1. The highest BCUT2D eigenvalue weighted by Crippen LogP contribution is 2.41. The molecule has 16 heteroatoms. The van der Waals surface area contributed by atoms with E-state index in [-0.39, 0.29) is 66.9 Å². The predicted molar refractivity (Wildman–Crippen MR) is 170 cm³/mol. The highest BCUT2D eigenvalue weighted by atomic mass is 32.2. The molecule has 1 aromatic carbocycles. The van der Waals surface area contributed by atoms with Gasteiger partial charge in [0, 0.05) is 54.4 Å². The van der Waals surface area contributed by atoms with Crippen LogP contribution in [0.2, 0.25) is 0 Å². The Morgan fingerprint density at radius 1 is 1.02 bits per heavy atom. The molecule has 13 nitrogen and oxygen atoms in total. The molecule has 2 saturated heterocycles. The molecule has 2 atom stereocenters. The molecule has 4 aliphatic rings. The molecular formula is C31H28FN5O8S2. The first-order chi connectivity index (χ1) is 22.5. The summed E-state index contributed by atoms with van der Waals surface area (Å²) >= 11 is 2.62. The average Bonchev–Trinajstić information content (AvgIpc) is 3.77. The van der Waals surface area contributed by atoms with Crippen molar-refractivity contribution < 1.29 is 38.6 Å². The van der Waals surface area contributed by atoms with E-state index in [1.807, 2.05) is 17.5 Å². The van der Waals surface area contributed by atoms with Crippen LogP contribution in [0.15, 0.2) is 51.9 Å². The summed E-state index contributed by atoms with van der Waals surface area (Å²) < 4.78 is 17.1. The third-order valence-corrected chi connectivity index (χ3v) is 11.0. The number of thiophene rings is 1. The number of piperazine rings is 1. The Bertz CT molecular complexity index is 1950. The van der Waals surface area contributed by atoms with Gasteiger partial charge in [0.05, 0.1) is 23.2 Å². The molecule has 5 heterocycles. The molecule has 0 radical (unpaired) electrons. The first-order valence-electron chi connectivity index (χ1n) is 14.9. The standard InChI is InChI=1S/C31H28FN5O8S2/c32-20-11-17-21(36(15-3-4-15)13-18(26(17)39)30(42)43)12-22(20)34-5-7-35(8-6-34)27(40)19-14-47-29-24(28(41)37(29)25(19)31(44)45)33-23(38)10-16-2-1-9-46-16/h1-2,9,11-13,15,24,29H,3-8,10,14H2,(H,33,38)(H,42,43)(H,44,45). The maximum atomic E-state index is 15.4. The summed E-state index contributed by atoms with van der Waals surface area (Å²) in [5.74, 6) is -4.94. The number of thioether (sulfide) groups is 1. The summed E-state index contributed by atoms with van der Waals surface area (Å²) in [6, 6.07) is 5.36. The molecular weight excluding hydrogens is 654 g/mol. The molecule has 3 amide bonds. The van der Waals surface area contributed by atoms with Crippen LogP contribution in [0.4, 0.5) is 10.1 Å². The van der Waals surface area contributed by atoms with Crippen LogP contribution in [0.5, 0.6) is 0 Å². The van der Waals surface area contributed by atoms with E-state index in [2.05, 4.69) is 5.32 Å². The van der Waals surface area contributed by atoms with Gasteiger partial charge in [-0.3, -0.25) is 24.1 Å². The number of amides is 3. The Morgan fingerprint density at radius 2 is 1.77 bits per heavy atom. The number of β-lactam (4-membered cyclic amide) rings is 1. The largest absolute Gasteiger partial charge is 0.477 e. The van der Waals surface area contributed by atoms with Crippen LogP contribution in [-0.2, 0) is 25.6 Å². The van der Waals surface area contributed by atoms with Crippen molar-refractivity contribution in [3.63, 3.8) is 0 Å². The number of benzene rings is 1. The highest BCUT2D eigenvalue weighted by molar-refractivity contribution is 8.00. The maximum absolute atomic E-state index is 15.4. The van der Waals surface area contributed by atoms with Crippen LogP contribution in [0, 0.1) is 5.82 Å². The van der Waals surface area contributed by atoms with Gasteiger partial charge in [-0.25, -0.2) is 14.0 Å². The second-order valence-corrected chi connectivity index (χ2v) is 13.9. The maximum Gasteiger partial charge on any atom is 0.353 e. The quantitative estimate of drug-likeness (QED) is 0.299. The summed E-state index contributed by atoms with van der Waals surface area (Å²) in [5.41, 5.74) is -0.949. The van der Waals surface area contributed by atoms with Gasteiger partial charge in [-0.1, -0.05) is 6.07 Å². The number of aromatic nitrogens is 1. The molecule has 1 saturated carbocycles. The van der Waals surface area contributed by atoms with E-state index < -0.39 is 57.7 Å². The summed E-state index contributed by atoms with van der Waals surface area (Å²) in [4.78, 5) is 81.1. The van der Waals surface area contributed by atoms with Crippen molar-refractivity contribution in [1.29, 1.82) is 0 Å². The van der Waals surface area contributed by atoms with Gasteiger partial charge >= 0.3 is 11.9 Å². The molecule has 3 fully saturated rings. The van der Waals surface area contributed by atoms with Crippen molar-refractivity contribution in [3.05, 3.63) is 73.6 Å². The lowest BCUT2D eigenvalue weighted by molar-refractivity contribution is -0.151. The van der Waals surface area contributed by atoms with E-state index in [1.165, 1.54) is 34.2 Å². The summed E-state index contributed by atoms with van der Waals surface area (Å²) in [5, 5.41) is 23.4. The van der Waals surface area contributed by atoms with Crippen LogP contribution >= 0.6 is 23.1 Å². The van der Waals surface area contributed by atoms with Crippen molar-refractivity contribution in [3.8, 4) is 0 Å². The van der Waals surface area contributed by atoms with Gasteiger partial charge in [-0.2, -0.15) is 0 Å². The molecule has 47 heavy (non-hydrogen) atoms. The Kier molecular flexibility index (Phi) is 7.78. The van der Waals surface area contributed by atoms with Crippen molar-refractivity contribution in [2.45, 2.75) is 36.7 Å². The predicted octanol–water partition coefficient (Wildman–Crippen LogP) is 1.87. The van der Waals surface area contributed by atoms with E-state index >= 15 is 4.39 Å². The number of hydrogen-bond acceptors (Lipinski definition) is 9. The zero-order valence-electron chi connectivity index (χ0n) is 24.7. The number of anilines is 1. The van der Waals surface area contributed by atoms with Crippen LogP contribution in [0.1, 0.15) is 34.1 Å². The Hall–Kier alpha value is -4.70. The number of nitrogens with one attached hydrogen (secondary N) is 1. The lowest BCUT2D eigenvalue weighted by atomic mass is 10.0. The molecule has 244 valence electrons. The van der Waals surface area contributed by atoms with Gasteiger partial charge in [0.2, 0.25) is 11.3 Å². The fourth-order valence-corrected chi connectivity index (χ4v) is 8.36. The molecule has 3 N–H and O–H groups in total. The normalized spacial score (nSPS) is 21.0. The van der Waals surface area contributed by atoms with Crippen molar-refractivity contribution in [2.24, 2.45) is 0 Å². The number of halogens is 1. The number of aromatic carboxylic acids is 1. The van der Waals surface area contributed by atoms with Gasteiger partial charge in [0.15, 0.2) is 0 Å². The number of nitrogens with zero attached hydrogens (tertiary/aromatic N) is 4. The monoisotopic (exact) mass is 681 g/mol. The Morgan fingerprint density at radius 3 is 2.40 bits per heavy atom. The fourth-order valence-electron chi connectivity index (χ4n) is 6.33. The van der Waals surface area contributed by atoms with Crippen LogP contribution in [-0.4, -0.2) is 97.6 Å². The molecule has 7 rings (SSSR count). The van der Waals surface area contributed by atoms with Crippen molar-refractivity contribution in [1.82, 2.24) is 19.7 Å². The second-order valence-electron chi connectivity index (χ2n) is 11.8. The molecule has 3 aliphatic heterocycles. The molecule has 2 unspecified atom stereocenters. The van der Waals surface area contributed by atoms with E-state index in [0.29, 0.717) is 5.52 Å². The summed E-state index contributed by atoms with van der Waals surface area (Å²) in [6.45, 7) is 0.704. The molecule has 0 spiro atoms. The van der Waals surface area contributed by atoms with E-state index in [9.17, 15) is 39.0 Å². The number of aliphatic carboxylic acids is 1. The third-order valence-electron chi connectivity index (χ3n) is 8.84. The van der Waals surface area contributed by atoms with Gasteiger partial charge in [0.1, 0.15) is 28.5 Å². The number of carbonyl (C=O) groups excluding carboxylic acids is 3. The molecule has 3 aromatic rings. The van der Waals surface area contributed by atoms with Crippen LogP contribution in [0.3, 0.4) is 0 Å². The number of carbonyl (C=O) groups is 5. The topological polar surface area (TPSA) is 170 Å². The minimum atomic E-state index is -1.42. The molecule has 0 bridgehead atoms. The van der Waals surface area contributed by atoms with E-state index in [0.717, 1.165) is 28.7 Å². The van der Waals surface area contributed by atoms with Gasteiger partial charge in [-0.15, -0.1) is 23.1 Å². The number of fused-ring (bicyclic) bond motifs is 2. The first kappa shape index (κ1) is 30.9. The summed E-state index contributed by atoms with van der Waals surface area (Å²) in [6.07, 6.45) is 3.04. The lowest BCUT2D eigenvalue weighted by Crippen LogP contribution is -2.71. The van der Waals surface area contributed by atoms with Crippen molar-refractivity contribution >= 4 is 69.3 Å². The van der Waals surface area contributed by atoms with Gasteiger partial charge < -0.3 is 29.9 Å². The third kappa shape index (κ3) is 5.44. The van der Waals surface area contributed by atoms with E-state index in [1.54, 1.807) is 15.5 Å². The van der Waals surface area contributed by atoms with E-state index in [4.69, 9.17) is 0 Å². The highest BCUT2D eigenvalue weighted by Gasteiger charge is 2.55. The molecule has 1 aliphatic carbocycles. The minimum Gasteiger partial charge on any atom is -0.477 e. The number of hydrogen-bond donors (Lipinski definition) is 3. The van der Waals surface area contributed by atoms with Crippen LogP contribution in [0.25, 0.3) is 10.9 Å². The Labute approximate surface area is 274 Å². The van der Waals surface area contributed by atoms with Crippen LogP contribution < -0.4 is 15.6 Å². The second kappa shape index (κ2) is 11.8. The lowest BCUT2D eigenvalue weighted by Gasteiger charge is -2.49. The summed E-state index contributed by atoms with van der Waals surface area (Å²) in [7, 11) is 0. The minimum absolute atomic E-state index is 0.0158. The molecule has 2 aromatic heterocycles. The van der Waals surface area contributed by atoms with Gasteiger partial charge in [-0.05, 0) is 36.4 Å². The number of carboxylic acids is 2. The number of rotatable bonds is 8. The number of pyridine rings is 1. The van der Waals surface area contributed by atoms with Crippen molar-refractivity contribution in [2.75, 3.05) is 36.8 Å². The van der Waals surface area contributed by atoms with Gasteiger partial charge in [0.25, 0.3) is 11.8 Å². The number of carboxylic acid groups (broad SMARTS) is 2. The Balaban J connectivity index is 1.07. The SMILES string of the molecule is O=C(Cc1cccs1)NC1C(=O)N2C(C(=O)O)=C(C(=O)N3CCN(c4cc5c(cc4F)c(=O)c(C(=O)O)cn5C4CC4)CC3)CSC12. The smallest absolute Gasteiger partial charge is 0.353 e. The fraction of sp³-hybridized carbons (Fsp3) is 0.355. The first-order valence-corrected chi connectivity index (χ1v) is 16.8. The zero-order valence-corrected chi connectivity index (χ0v) is 26.3. The average molecular weight is 682 g/mol.